The Hall–Kier alpha value is -1.88. The lowest BCUT2D eigenvalue weighted by Crippen LogP contribution is -2.05. The van der Waals surface area contributed by atoms with E-state index in [4.69, 9.17) is 9.47 Å². The number of fused-ring (bicyclic) bond motifs is 1. The minimum absolute atomic E-state index is 0.0741. The van der Waals surface area contributed by atoms with Gasteiger partial charge in [-0.3, -0.25) is 9.89 Å². The van der Waals surface area contributed by atoms with E-state index in [0.717, 1.165) is 17.5 Å². The Balaban J connectivity index is 2.02. The maximum Gasteiger partial charge on any atom is 0.180 e. The number of carbonyl (C=O) groups is 1. The first-order valence-electron chi connectivity index (χ1n) is 5.48. The third-order valence-corrected chi connectivity index (χ3v) is 2.71. The number of epoxide rings is 1. The van der Waals surface area contributed by atoms with Gasteiger partial charge in [-0.15, -0.1) is 0 Å². The first kappa shape index (κ1) is 10.3. The number of aromatic nitrogens is 2. The van der Waals surface area contributed by atoms with E-state index >= 15 is 0 Å². The lowest BCUT2D eigenvalue weighted by molar-refractivity contribution is 0.101. The fourth-order valence-corrected chi connectivity index (χ4v) is 1.76. The summed E-state index contributed by atoms with van der Waals surface area (Å²) < 4.78 is 10.7. The van der Waals surface area contributed by atoms with Gasteiger partial charge in [-0.05, 0) is 12.1 Å². The van der Waals surface area contributed by atoms with Crippen molar-refractivity contribution in [3.63, 3.8) is 0 Å². The van der Waals surface area contributed by atoms with Crippen molar-refractivity contribution in [2.45, 2.75) is 13.0 Å². The average molecular weight is 232 g/mol. The molecule has 0 aliphatic carbocycles. The zero-order valence-electron chi connectivity index (χ0n) is 9.40. The standard InChI is InChI=1S/C12H12N2O3/c1-7(15)12-11-9(13-14-12)3-2-4-10(11)17-6-8-5-16-8/h2-4,8H,5-6H2,1H3,(H,13,14). The van der Waals surface area contributed by atoms with Gasteiger partial charge in [-0.1, -0.05) is 6.07 Å². The van der Waals surface area contributed by atoms with Crippen molar-refractivity contribution in [1.29, 1.82) is 0 Å². The lowest BCUT2D eigenvalue weighted by atomic mass is 10.1. The normalized spacial score (nSPS) is 18.3. The molecule has 1 fully saturated rings. The molecule has 1 aromatic heterocycles. The molecule has 1 aliphatic heterocycles. The number of benzene rings is 1. The Morgan fingerprint density at radius 3 is 3.18 bits per heavy atom. The highest BCUT2D eigenvalue weighted by Crippen LogP contribution is 2.28. The topological polar surface area (TPSA) is 67.5 Å². The largest absolute Gasteiger partial charge is 0.490 e. The fourth-order valence-electron chi connectivity index (χ4n) is 1.76. The number of carbonyl (C=O) groups excluding carboxylic acids is 1. The number of nitrogens with one attached hydrogen (secondary N) is 1. The van der Waals surface area contributed by atoms with Crippen LogP contribution >= 0.6 is 0 Å². The number of hydrogen-bond acceptors (Lipinski definition) is 4. The first-order valence-corrected chi connectivity index (χ1v) is 5.48. The van der Waals surface area contributed by atoms with Crippen molar-refractivity contribution in [3.8, 4) is 5.75 Å². The third-order valence-electron chi connectivity index (χ3n) is 2.71. The Kier molecular flexibility index (Phi) is 2.33. The molecule has 1 N–H and O–H groups in total. The van der Waals surface area contributed by atoms with Gasteiger partial charge in [0.15, 0.2) is 5.78 Å². The number of aromatic amines is 1. The summed E-state index contributed by atoms with van der Waals surface area (Å²) in [6.45, 7) is 2.76. The summed E-state index contributed by atoms with van der Waals surface area (Å²) in [7, 11) is 0. The zero-order valence-corrected chi connectivity index (χ0v) is 9.40. The Morgan fingerprint density at radius 1 is 1.65 bits per heavy atom. The molecule has 2 aromatic rings. The number of Topliss-reactive ketones (excluding diaryl/α,β-unsaturated/α-hetero) is 1. The van der Waals surface area contributed by atoms with Crippen molar-refractivity contribution in [2.24, 2.45) is 0 Å². The Bertz CT molecular complexity index is 572. The van der Waals surface area contributed by atoms with Crippen LogP contribution in [0.25, 0.3) is 10.9 Å². The van der Waals surface area contributed by atoms with Crippen LogP contribution in [0, 0.1) is 0 Å². The van der Waals surface area contributed by atoms with E-state index < -0.39 is 0 Å². The summed E-state index contributed by atoms with van der Waals surface area (Å²) in [5, 5.41) is 7.59. The van der Waals surface area contributed by atoms with Crippen LogP contribution in [0.4, 0.5) is 0 Å². The SMILES string of the molecule is CC(=O)c1n[nH]c2cccc(OCC3CO3)c12. The molecule has 0 radical (unpaired) electrons. The maximum absolute atomic E-state index is 11.5. The molecule has 5 nitrogen and oxygen atoms in total. The van der Waals surface area contributed by atoms with E-state index in [1.54, 1.807) is 0 Å². The van der Waals surface area contributed by atoms with Gasteiger partial charge in [0.25, 0.3) is 0 Å². The van der Waals surface area contributed by atoms with Gasteiger partial charge in [0.2, 0.25) is 0 Å². The van der Waals surface area contributed by atoms with Gasteiger partial charge in [0.05, 0.1) is 17.5 Å². The molecule has 0 amide bonds. The van der Waals surface area contributed by atoms with E-state index in [0.29, 0.717) is 18.1 Å². The molecule has 0 saturated carbocycles. The van der Waals surface area contributed by atoms with Gasteiger partial charge in [-0.2, -0.15) is 5.10 Å². The van der Waals surface area contributed by atoms with Gasteiger partial charge in [-0.25, -0.2) is 0 Å². The highest BCUT2D eigenvalue weighted by atomic mass is 16.6. The van der Waals surface area contributed by atoms with Gasteiger partial charge in [0.1, 0.15) is 24.2 Å². The predicted octanol–water partition coefficient (Wildman–Crippen LogP) is 1.54. The fraction of sp³-hybridized carbons (Fsp3) is 0.333. The lowest BCUT2D eigenvalue weighted by Gasteiger charge is -2.05. The molecule has 0 bridgehead atoms. The van der Waals surface area contributed by atoms with Gasteiger partial charge >= 0.3 is 0 Å². The molecule has 1 saturated heterocycles. The molecule has 1 atom stereocenters. The minimum Gasteiger partial charge on any atom is -0.490 e. The Morgan fingerprint density at radius 2 is 2.47 bits per heavy atom. The quantitative estimate of drug-likeness (QED) is 0.641. The summed E-state index contributed by atoms with van der Waals surface area (Å²) >= 11 is 0. The van der Waals surface area contributed by atoms with E-state index in [9.17, 15) is 4.79 Å². The van der Waals surface area contributed by atoms with Crippen LogP contribution in [0.5, 0.6) is 5.75 Å². The summed E-state index contributed by atoms with van der Waals surface area (Å²) in [4.78, 5) is 11.5. The molecule has 1 unspecified atom stereocenters. The zero-order chi connectivity index (χ0) is 11.8. The summed E-state index contributed by atoms with van der Waals surface area (Å²) in [6.07, 6.45) is 0.193. The van der Waals surface area contributed by atoms with Crippen LogP contribution in [-0.4, -0.2) is 35.3 Å². The molecular formula is C12H12N2O3. The van der Waals surface area contributed by atoms with Crippen molar-refractivity contribution < 1.29 is 14.3 Å². The molecule has 0 spiro atoms. The van der Waals surface area contributed by atoms with Crippen molar-refractivity contribution in [3.05, 3.63) is 23.9 Å². The van der Waals surface area contributed by atoms with E-state index in [1.807, 2.05) is 18.2 Å². The summed E-state index contributed by atoms with van der Waals surface area (Å²) in [5.74, 6) is 0.604. The Labute approximate surface area is 97.7 Å². The van der Waals surface area contributed by atoms with E-state index in [1.165, 1.54) is 6.92 Å². The van der Waals surface area contributed by atoms with Crippen LogP contribution in [0.2, 0.25) is 0 Å². The van der Waals surface area contributed by atoms with Crippen molar-refractivity contribution in [2.75, 3.05) is 13.2 Å². The number of rotatable bonds is 4. The molecule has 5 heteroatoms. The molecule has 3 rings (SSSR count). The van der Waals surface area contributed by atoms with Crippen LogP contribution in [0.15, 0.2) is 18.2 Å². The molecule has 88 valence electrons. The molecule has 2 heterocycles. The number of hydrogen-bond donors (Lipinski definition) is 1. The molecule has 1 aromatic carbocycles. The number of H-pyrrole nitrogens is 1. The van der Waals surface area contributed by atoms with Crippen LogP contribution in [-0.2, 0) is 4.74 Å². The minimum atomic E-state index is -0.0741. The van der Waals surface area contributed by atoms with E-state index in [2.05, 4.69) is 10.2 Å². The summed E-state index contributed by atoms with van der Waals surface area (Å²) in [6, 6.07) is 5.58. The number of ketones is 1. The molecule has 1 aliphatic rings. The average Bonchev–Trinajstić information content (AvgIpc) is 3.03. The molecular weight excluding hydrogens is 220 g/mol. The molecule has 17 heavy (non-hydrogen) atoms. The van der Waals surface area contributed by atoms with Crippen LogP contribution in [0.1, 0.15) is 17.4 Å². The second-order valence-corrected chi connectivity index (χ2v) is 4.07. The first-order chi connectivity index (χ1) is 8.25. The van der Waals surface area contributed by atoms with Crippen LogP contribution < -0.4 is 4.74 Å². The third kappa shape index (κ3) is 1.89. The number of nitrogens with zero attached hydrogens (tertiary/aromatic N) is 1. The van der Waals surface area contributed by atoms with Crippen LogP contribution in [0.3, 0.4) is 0 Å². The van der Waals surface area contributed by atoms with E-state index in [-0.39, 0.29) is 11.9 Å². The monoisotopic (exact) mass is 232 g/mol. The second kappa shape index (κ2) is 3.85. The smallest absolute Gasteiger partial charge is 0.180 e. The predicted molar refractivity (Wildman–Crippen MR) is 61.3 cm³/mol. The number of ether oxygens (including phenoxy) is 2. The maximum atomic E-state index is 11.5. The summed E-state index contributed by atoms with van der Waals surface area (Å²) in [5.41, 5.74) is 1.23. The van der Waals surface area contributed by atoms with Crippen molar-refractivity contribution >= 4 is 16.7 Å². The van der Waals surface area contributed by atoms with Gasteiger partial charge in [0, 0.05) is 6.92 Å². The second-order valence-electron chi connectivity index (χ2n) is 4.07. The van der Waals surface area contributed by atoms with Crippen molar-refractivity contribution in [1.82, 2.24) is 10.2 Å². The van der Waals surface area contributed by atoms with Gasteiger partial charge < -0.3 is 9.47 Å². The highest BCUT2D eigenvalue weighted by Gasteiger charge is 2.24. The highest BCUT2D eigenvalue weighted by molar-refractivity contribution is 6.06.